The van der Waals surface area contributed by atoms with Gasteiger partial charge in [0.05, 0.1) is 31.5 Å². The van der Waals surface area contributed by atoms with Crippen molar-refractivity contribution in [3.63, 3.8) is 0 Å². The zero-order chi connectivity index (χ0) is 37.9. The number of methoxy groups -OCH3 is 2. The number of aromatic nitrogens is 2. The van der Waals surface area contributed by atoms with Crippen LogP contribution in [0.4, 0.5) is 13.2 Å². The first kappa shape index (κ1) is 37.8. The molecule has 4 aromatic rings. The van der Waals surface area contributed by atoms with Crippen molar-refractivity contribution in [3.8, 4) is 40.0 Å². The molecule has 1 saturated heterocycles. The summed E-state index contributed by atoms with van der Waals surface area (Å²) < 4.78 is 60.1. The Morgan fingerprint density at radius 2 is 1.70 bits per heavy atom. The number of carbonyl (C=O) groups excluding carboxylic acids is 1. The summed E-state index contributed by atoms with van der Waals surface area (Å²) in [5, 5.41) is 15.9. The number of alkyl halides is 3. The van der Waals surface area contributed by atoms with Gasteiger partial charge < -0.3 is 30.0 Å². The Morgan fingerprint density at radius 1 is 0.981 bits per heavy atom. The molecule has 280 valence electrons. The first-order valence-electron chi connectivity index (χ1n) is 17.0. The molecule has 3 heterocycles. The normalized spacial score (nSPS) is 16.8. The maximum atomic E-state index is 14.4. The number of rotatable bonds is 14. The zero-order valence-electron chi connectivity index (χ0n) is 29.3. The Balaban J connectivity index is 1.25. The number of ether oxygens (including phenoxy) is 3. The smallest absolute Gasteiger partial charge is 0.421 e. The second kappa shape index (κ2) is 16.0. The van der Waals surface area contributed by atoms with Gasteiger partial charge in [0.25, 0.3) is 0 Å². The Bertz CT molecular complexity index is 2010. The highest BCUT2D eigenvalue weighted by Gasteiger charge is 2.39. The number of carboxylic acids is 1. The van der Waals surface area contributed by atoms with E-state index in [2.05, 4.69) is 15.6 Å². The fraction of sp³-hybridized carbons (Fsp3) is 0.368. The van der Waals surface area contributed by atoms with Crippen molar-refractivity contribution >= 4 is 23.5 Å². The standard InChI is InChI=1S/C38H39ClF3N5O6/c1-47(20-33(49)50)19-22-16-29(38(40,41)42)37(46-36(22)52-3)53-31-14-12-25-24(6-4-7-26(25)31)27-8-5-9-28(34(27)39)30-13-10-21(35(45-30)51-2)17-43-18-23-11-15-32(48)44-23/h4-10,13,16,23,31,43H,11-12,14-15,17-20H2,1-3H3,(H,44,48)(H,49,50)/t23-,31-/m0/s1. The molecule has 11 nitrogen and oxygen atoms in total. The minimum Gasteiger partial charge on any atom is -0.481 e. The summed E-state index contributed by atoms with van der Waals surface area (Å²) in [4.78, 5) is 32.9. The number of carboxylic acid groups (broad SMARTS) is 1. The molecule has 2 aromatic heterocycles. The lowest BCUT2D eigenvalue weighted by Crippen LogP contribution is -2.35. The van der Waals surface area contributed by atoms with E-state index in [-0.39, 0.29) is 36.5 Å². The van der Waals surface area contributed by atoms with Crippen molar-refractivity contribution in [2.45, 2.75) is 57.1 Å². The third-order valence-corrected chi connectivity index (χ3v) is 9.74. The Morgan fingerprint density at radius 3 is 2.40 bits per heavy atom. The lowest BCUT2D eigenvalue weighted by molar-refractivity contribution is -0.140. The summed E-state index contributed by atoms with van der Waals surface area (Å²) in [7, 11) is 4.31. The number of hydrogen-bond acceptors (Lipinski definition) is 9. The van der Waals surface area contributed by atoms with Gasteiger partial charge in [0, 0.05) is 54.4 Å². The van der Waals surface area contributed by atoms with E-state index in [0.717, 1.165) is 40.3 Å². The molecule has 0 saturated carbocycles. The van der Waals surface area contributed by atoms with Crippen molar-refractivity contribution < 1.29 is 42.1 Å². The topological polar surface area (TPSA) is 135 Å². The molecule has 2 aromatic carbocycles. The van der Waals surface area contributed by atoms with Crippen molar-refractivity contribution in [1.29, 1.82) is 0 Å². The van der Waals surface area contributed by atoms with Crippen LogP contribution in [-0.2, 0) is 35.3 Å². The van der Waals surface area contributed by atoms with Gasteiger partial charge in [-0.2, -0.15) is 18.2 Å². The van der Waals surface area contributed by atoms with Crippen LogP contribution in [0.2, 0.25) is 5.02 Å². The van der Waals surface area contributed by atoms with E-state index in [1.54, 1.807) is 7.11 Å². The van der Waals surface area contributed by atoms with Crippen LogP contribution in [0.25, 0.3) is 22.4 Å². The van der Waals surface area contributed by atoms with E-state index >= 15 is 0 Å². The highest BCUT2D eigenvalue weighted by atomic mass is 35.5. The number of amides is 1. The van der Waals surface area contributed by atoms with Gasteiger partial charge in [0.15, 0.2) is 0 Å². The summed E-state index contributed by atoms with van der Waals surface area (Å²) >= 11 is 7.09. The van der Waals surface area contributed by atoms with Crippen LogP contribution in [0.5, 0.6) is 17.6 Å². The summed E-state index contributed by atoms with van der Waals surface area (Å²) in [5.41, 5.74) is 4.30. The third-order valence-electron chi connectivity index (χ3n) is 9.33. The fourth-order valence-corrected chi connectivity index (χ4v) is 7.21. The highest BCUT2D eigenvalue weighted by Crippen LogP contribution is 2.46. The van der Waals surface area contributed by atoms with Crippen molar-refractivity contribution in [1.82, 2.24) is 25.5 Å². The van der Waals surface area contributed by atoms with E-state index in [1.807, 2.05) is 48.5 Å². The van der Waals surface area contributed by atoms with Crippen molar-refractivity contribution in [2.75, 3.05) is 34.4 Å². The average Bonchev–Trinajstić information content (AvgIpc) is 3.73. The molecular formula is C38H39ClF3N5O6. The van der Waals surface area contributed by atoms with Gasteiger partial charge in [-0.3, -0.25) is 14.5 Å². The molecule has 0 bridgehead atoms. The van der Waals surface area contributed by atoms with Gasteiger partial charge in [0.1, 0.15) is 11.7 Å². The number of pyridine rings is 2. The second-order valence-electron chi connectivity index (χ2n) is 13.1. The predicted molar refractivity (Wildman–Crippen MR) is 191 cm³/mol. The number of benzene rings is 2. The molecule has 1 aliphatic heterocycles. The van der Waals surface area contributed by atoms with Crippen molar-refractivity contribution in [3.05, 3.63) is 87.4 Å². The second-order valence-corrected chi connectivity index (χ2v) is 13.4. The van der Waals surface area contributed by atoms with Gasteiger partial charge in [-0.15, -0.1) is 0 Å². The molecule has 0 radical (unpaired) electrons. The minimum atomic E-state index is -4.80. The number of aliphatic carboxylic acids is 1. The van der Waals surface area contributed by atoms with Crippen LogP contribution in [0, 0.1) is 0 Å². The molecule has 53 heavy (non-hydrogen) atoms. The van der Waals surface area contributed by atoms with Crippen LogP contribution in [0.3, 0.4) is 0 Å². The first-order chi connectivity index (χ1) is 25.4. The summed E-state index contributed by atoms with van der Waals surface area (Å²) in [5.74, 6) is -1.32. The van der Waals surface area contributed by atoms with Crippen molar-refractivity contribution in [2.24, 2.45) is 0 Å². The minimum absolute atomic E-state index is 0.0639. The SMILES string of the molecule is COc1nc(-c2cccc(-c3cccc4c3CC[C@@H]4Oc3nc(OC)c(CN(C)CC(=O)O)cc3C(F)(F)F)c2Cl)ccc1CNC[C@@H]1CCC(=O)N1. The maximum Gasteiger partial charge on any atom is 0.421 e. The van der Waals surface area contributed by atoms with Gasteiger partial charge in [-0.25, -0.2) is 4.98 Å². The number of carbonyl (C=O) groups is 2. The average molecular weight is 754 g/mol. The summed E-state index contributed by atoms with van der Waals surface area (Å²) in [6.45, 7) is 0.617. The lowest BCUT2D eigenvalue weighted by atomic mass is 9.94. The van der Waals surface area contributed by atoms with E-state index in [4.69, 9.17) is 35.9 Å². The fourth-order valence-electron chi connectivity index (χ4n) is 6.89. The third kappa shape index (κ3) is 8.50. The molecule has 0 spiro atoms. The predicted octanol–water partition coefficient (Wildman–Crippen LogP) is 6.45. The number of nitrogens with zero attached hydrogens (tertiary/aromatic N) is 3. The number of nitrogens with one attached hydrogen (secondary N) is 2. The number of fused-ring (bicyclic) bond motifs is 1. The maximum absolute atomic E-state index is 14.4. The van der Waals surface area contributed by atoms with E-state index < -0.39 is 29.7 Å². The molecule has 0 unspecified atom stereocenters. The molecule has 1 amide bonds. The lowest BCUT2D eigenvalue weighted by Gasteiger charge is -2.22. The van der Waals surface area contributed by atoms with E-state index in [0.29, 0.717) is 54.5 Å². The molecule has 1 aliphatic carbocycles. The molecular weight excluding hydrogens is 715 g/mol. The van der Waals surface area contributed by atoms with Crippen LogP contribution >= 0.6 is 11.6 Å². The van der Waals surface area contributed by atoms with Gasteiger partial charge in [-0.05, 0) is 55.1 Å². The number of hydrogen-bond donors (Lipinski definition) is 3. The molecule has 2 aliphatic rings. The monoisotopic (exact) mass is 753 g/mol. The highest BCUT2D eigenvalue weighted by molar-refractivity contribution is 6.36. The summed E-state index contributed by atoms with van der Waals surface area (Å²) in [6, 6.07) is 16.0. The molecule has 15 heteroatoms. The van der Waals surface area contributed by atoms with Crippen LogP contribution in [0.1, 0.15) is 53.2 Å². The molecule has 1 fully saturated rings. The van der Waals surface area contributed by atoms with Gasteiger partial charge >= 0.3 is 12.1 Å². The molecule has 3 N–H and O–H groups in total. The van der Waals surface area contributed by atoms with E-state index in [1.165, 1.54) is 19.1 Å². The Hall–Kier alpha value is -4.92. The van der Waals surface area contributed by atoms with Gasteiger partial charge in [-0.1, -0.05) is 54.1 Å². The van der Waals surface area contributed by atoms with Crippen LogP contribution in [0.15, 0.2) is 54.6 Å². The quantitative estimate of drug-likeness (QED) is 0.132. The summed E-state index contributed by atoms with van der Waals surface area (Å²) in [6.07, 6.45) is -3.28. The molecule has 6 rings (SSSR count). The Kier molecular flexibility index (Phi) is 11.4. The first-order valence-corrected chi connectivity index (χ1v) is 17.4. The van der Waals surface area contributed by atoms with Gasteiger partial charge in [0.2, 0.25) is 23.5 Å². The zero-order valence-corrected chi connectivity index (χ0v) is 30.1. The number of halogens is 4. The van der Waals surface area contributed by atoms with Crippen LogP contribution in [-0.4, -0.2) is 72.2 Å². The largest absolute Gasteiger partial charge is 0.481 e. The molecule has 2 atom stereocenters. The number of likely N-dealkylation sites (N-methyl/N-ethyl adjacent to an activating group) is 1. The van der Waals surface area contributed by atoms with E-state index in [9.17, 15) is 22.8 Å². The Labute approximate surface area is 309 Å². The van der Waals surface area contributed by atoms with Crippen LogP contribution < -0.4 is 24.8 Å².